The van der Waals surface area contributed by atoms with E-state index in [0.717, 1.165) is 20.6 Å². The molecule has 0 aromatic heterocycles. The van der Waals surface area contributed by atoms with Gasteiger partial charge in [-0.2, -0.15) is 4.31 Å². The number of aryl methyl sites for hydroxylation is 1. The van der Waals surface area contributed by atoms with Crippen LogP contribution in [0.4, 0.5) is 5.69 Å². The Kier molecular flexibility index (Phi) is 10.8. The normalized spacial score (nSPS) is 13.3. The van der Waals surface area contributed by atoms with Crippen molar-refractivity contribution in [1.29, 1.82) is 0 Å². The summed E-state index contributed by atoms with van der Waals surface area (Å²) in [5.74, 6) is -1.43. The SMILES string of the molecule is CC(CN(C(CO)CCCCNC(=O)CCc1cccc2ccccc12)S(=O)(=O)c1ccc(N)cc1)C(N)=O. The number of hydrogen-bond donors (Lipinski definition) is 4. The minimum absolute atomic E-state index is 0.0188. The Morgan fingerprint density at radius 3 is 2.38 bits per heavy atom. The number of carbonyl (C=O) groups excluding carboxylic acids is 2. The van der Waals surface area contributed by atoms with Crippen molar-refractivity contribution in [1.82, 2.24) is 9.62 Å². The number of hydrogen-bond acceptors (Lipinski definition) is 6. The summed E-state index contributed by atoms with van der Waals surface area (Å²) in [5.41, 5.74) is 12.7. The maximum absolute atomic E-state index is 13.4. The number of sulfonamides is 1. The molecule has 0 fully saturated rings. The van der Waals surface area contributed by atoms with Crippen LogP contribution in [0.25, 0.3) is 10.8 Å². The smallest absolute Gasteiger partial charge is 0.243 e. The molecule has 2 atom stereocenters. The number of unbranched alkanes of at least 4 members (excludes halogenated alkanes) is 1. The molecule has 0 saturated heterocycles. The van der Waals surface area contributed by atoms with Gasteiger partial charge >= 0.3 is 0 Å². The van der Waals surface area contributed by atoms with Crippen LogP contribution in [0, 0.1) is 5.92 Å². The van der Waals surface area contributed by atoms with Crippen molar-refractivity contribution < 1.29 is 23.1 Å². The van der Waals surface area contributed by atoms with Crippen molar-refractivity contribution in [2.24, 2.45) is 11.7 Å². The molecule has 3 aromatic carbocycles. The van der Waals surface area contributed by atoms with Crippen molar-refractivity contribution in [3.05, 3.63) is 72.3 Å². The van der Waals surface area contributed by atoms with Gasteiger partial charge in [-0.05, 0) is 59.9 Å². The van der Waals surface area contributed by atoms with Gasteiger partial charge in [-0.1, -0.05) is 55.8 Å². The van der Waals surface area contributed by atoms with E-state index in [2.05, 4.69) is 23.5 Å². The summed E-state index contributed by atoms with van der Waals surface area (Å²) in [6.07, 6.45) is 2.52. The molecule has 0 spiro atoms. The van der Waals surface area contributed by atoms with Crippen LogP contribution in [0.5, 0.6) is 0 Å². The summed E-state index contributed by atoms with van der Waals surface area (Å²) in [7, 11) is -4.02. The van der Waals surface area contributed by atoms with Crippen LogP contribution >= 0.6 is 0 Å². The molecule has 6 N–H and O–H groups in total. The van der Waals surface area contributed by atoms with Crippen LogP contribution in [0.15, 0.2) is 71.6 Å². The first-order valence-electron chi connectivity index (χ1n) is 13.1. The van der Waals surface area contributed by atoms with Crippen LogP contribution in [-0.2, 0) is 26.0 Å². The Balaban J connectivity index is 1.54. The van der Waals surface area contributed by atoms with Gasteiger partial charge in [0.15, 0.2) is 0 Å². The molecule has 3 aromatic rings. The Morgan fingerprint density at radius 1 is 1.00 bits per heavy atom. The van der Waals surface area contributed by atoms with Crippen molar-refractivity contribution in [3.63, 3.8) is 0 Å². The van der Waals surface area contributed by atoms with Gasteiger partial charge in [-0.3, -0.25) is 9.59 Å². The zero-order valence-corrected chi connectivity index (χ0v) is 23.1. The van der Waals surface area contributed by atoms with E-state index in [0.29, 0.717) is 44.3 Å². The summed E-state index contributed by atoms with van der Waals surface area (Å²) < 4.78 is 28.0. The summed E-state index contributed by atoms with van der Waals surface area (Å²) in [6.45, 7) is 1.42. The van der Waals surface area contributed by atoms with Gasteiger partial charge in [0.25, 0.3) is 0 Å². The quantitative estimate of drug-likeness (QED) is 0.167. The van der Waals surface area contributed by atoms with E-state index in [9.17, 15) is 23.1 Å². The lowest BCUT2D eigenvalue weighted by Gasteiger charge is -2.31. The van der Waals surface area contributed by atoms with E-state index in [4.69, 9.17) is 11.5 Å². The van der Waals surface area contributed by atoms with E-state index >= 15 is 0 Å². The van der Waals surface area contributed by atoms with Crippen LogP contribution in [0.1, 0.15) is 38.2 Å². The minimum atomic E-state index is -4.02. The lowest BCUT2D eigenvalue weighted by molar-refractivity contribution is -0.122. The Labute approximate surface area is 230 Å². The molecule has 0 aliphatic rings. The highest BCUT2D eigenvalue weighted by Gasteiger charge is 2.33. The number of fused-ring (bicyclic) bond motifs is 1. The molecular formula is C29H38N4O5S. The fourth-order valence-electron chi connectivity index (χ4n) is 4.48. The average Bonchev–Trinajstić information content (AvgIpc) is 2.92. The summed E-state index contributed by atoms with van der Waals surface area (Å²) in [6, 6.07) is 19.2. The average molecular weight is 555 g/mol. The van der Waals surface area contributed by atoms with E-state index in [1.807, 2.05) is 24.3 Å². The Hall–Kier alpha value is -3.47. The number of aliphatic hydroxyl groups excluding tert-OH is 1. The summed E-state index contributed by atoms with van der Waals surface area (Å²) in [5, 5.41) is 15.3. The maximum Gasteiger partial charge on any atom is 0.243 e. The number of nitrogens with one attached hydrogen (secondary N) is 1. The van der Waals surface area contributed by atoms with Gasteiger partial charge in [0.05, 0.1) is 11.5 Å². The van der Waals surface area contributed by atoms with Crippen LogP contribution in [0.3, 0.4) is 0 Å². The maximum atomic E-state index is 13.4. The third-order valence-electron chi connectivity index (χ3n) is 6.83. The molecule has 10 heteroatoms. The minimum Gasteiger partial charge on any atom is -0.399 e. The first kappa shape index (κ1) is 30.1. The highest BCUT2D eigenvalue weighted by molar-refractivity contribution is 7.89. The van der Waals surface area contributed by atoms with Crippen LogP contribution in [-0.4, -0.2) is 55.4 Å². The summed E-state index contributed by atoms with van der Waals surface area (Å²) in [4.78, 5) is 24.1. The first-order chi connectivity index (χ1) is 18.6. The number of primary amides is 1. The van der Waals surface area contributed by atoms with Crippen molar-refractivity contribution >= 4 is 38.3 Å². The van der Waals surface area contributed by atoms with Crippen molar-refractivity contribution in [2.75, 3.05) is 25.4 Å². The van der Waals surface area contributed by atoms with Crippen molar-refractivity contribution in [3.8, 4) is 0 Å². The fraction of sp³-hybridized carbons (Fsp3) is 0.379. The predicted molar refractivity (Wildman–Crippen MR) is 153 cm³/mol. The van der Waals surface area contributed by atoms with Gasteiger partial charge in [-0.15, -0.1) is 0 Å². The molecule has 39 heavy (non-hydrogen) atoms. The van der Waals surface area contributed by atoms with Crippen LogP contribution in [0.2, 0.25) is 0 Å². The molecule has 2 amide bonds. The number of nitrogen functional groups attached to an aromatic ring is 1. The van der Waals surface area contributed by atoms with Gasteiger partial charge in [0, 0.05) is 37.2 Å². The zero-order chi connectivity index (χ0) is 28.4. The van der Waals surface area contributed by atoms with E-state index in [-0.39, 0.29) is 17.3 Å². The monoisotopic (exact) mass is 554 g/mol. The highest BCUT2D eigenvalue weighted by Crippen LogP contribution is 2.24. The highest BCUT2D eigenvalue weighted by atomic mass is 32.2. The summed E-state index contributed by atoms with van der Waals surface area (Å²) >= 11 is 0. The van der Waals surface area contributed by atoms with E-state index < -0.39 is 34.5 Å². The number of carbonyl (C=O) groups is 2. The first-order valence-corrected chi connectivity index (χ1v) is 14.6. The van der Waals surface area contributed by atoms with E-state index in [1.165, 1.54) is 24.3 Å². The number of nitrogens with two attached hydrogens (primary N) is 2. The second kappa shape index (κ2) is 14.1. The Bertz CT molecular complexity index is 1360. The second-order valence-corrected chi connectivity index (χ2v) is 11.7. The van der Waals surface area contributed by atoms with Gasteiger partial charge in [0.2, 0.25) is 21.8 Å². The van der Waals surface area contributed by atoms with Gasteiger partial charge in [-0.25, -0.2) is 8.42 Å². The lowest BCUT2D eigenvalue weighted by Crippen LogP contribution is -2.46. The molecule has 0 radical (unpaired) electrons. The molecule has 3 rings (SSSR count). The zero-order valence-electron chi connectivity index (χ0n) is 22.3. The number of amides is 2. The molecule has 0 bridgehead atoms. The molecule has 0 aliphatic carbocycles. The number of aliphatic hydroxyl groups is 1. The number of rotatable bonds is 15. The second-order valence-electron chi connectivity index (χ2n) is 9.77. The molecule has 0 saturated carbocycles. The molecule has 210 valence electrons. The predicted octanol–water partition coefficient (Wildman–Crippen LogP) is 2.81. The molecule has 2 unspecified atom stereocenters. The lowest BCUT2D eigenvalue weighted by atomic mass is 10.0. The molecule has 0 heterocycles. The third kappa shape index (κ3) is 8.26. The fourth-order valence-corrected chi connectivity index (χ4v) is 6.22. The standard InChI is InChI=1S/C29H38N4O5S/c1-21(29(31)36)19-33(39(37,38)26-15-13-24(30)14-16-26)25(20-34)10-4-5-18-32-28(35)17-12-23-9-6-8-22-7-2-3-11-27(22)23/h2-3,6-9,11,13-16,21,25,34H,4-5,10,12,17-20,30H2,1H3,(H2,31,36)(H,32,35). The van der Waals surface area contributed by atoms with Gasteiger partial charge in [0.1, 0.15) is 0 Å². The van der Waals surface area contributed by atoms with Crippen molar-refractivity contribution in [2.45, 2.75) is 50.0 Å². The number of anilines is 1. The largest absolute Gasteiger partial charge is 0.399 e. The van der Waals surface area contributed by atoms with Gasteiger partial charge < -0.3 is 21.9 Å². The molecule has 9 nitrogen and oxygen atoms in total. The Morgan fingerprint density at radius 2 is 1.69 bits per heavy atom. The number of nitrogens with zero attached hydrogens (tertiary/aromatic N) is 1. The molecule has 0 aliphatic heterocycles. The third-order valence-corrected chi connectivity index (χ3v) is 8.76. The van der Waals surface area contributed by atoms with E-state index in [1.54, 1.807) is 6.92 Å². The topological polar surface area (TPSA) is 156 Å². The number of benzene rings is 3. The van der Waals surface area contributed by atoms with Crippen LogP contribution < -0.4 is 16.8 Å². The molecular weight excluding hydrogens is 516 g/mol.